The first-order valence-electron chi connectivity index (χ1n) is 5.04. The first-order chi connectivity index (χ1) is 7.66. The lowest BCUT2D eigenvalue weighted by atomic mass is 9.77. The normalized spacial score (nSPS) is 17.6. The molecule has 1 aromatic heterocycles. The summed E-state index contributed by atoms with van der Waals surface area (Å²) in [5.74, 6) is -0.218. The standard InChI is InChI=1S/C10H13N3O2S/c1-16-8-5-7(11-6-12-8)13-10(9(14)15)3-2-4-10/h5-6H,2-4H2,1H3,(H,14,15)(H,11,12,13). The lowest BCUT2D eigenvalue weighted by molar-refractivity contribution is -0.145. The van der Waals surface area contributed by atoms with Crippen LogP contribution in [0.1, 0.15) is 19.3 Å². The number of carboxylic acid groups (broad SMARTS) is 1. The van der Waals surface area contributed by atoms with Crippen LogP contribution in [0, 0.1) is 0 Å². The van der Waals surface area contributed by atoms with Crippen LogP contribution in [-0.4, -0.2) is 32.8 Å². The van der Waals surface area contributed by atoms with Crippen molar-refractivity contribution in [1.82, 2.24) is 9.97 Å². The van der Waals surface area contributed by atoms with Gasteiger partial charge in [0.25, 0.3) is 0 Å². The van der Waals surface area contributed by atoms with Crippen molar-refractivity contribution < 1.29 is 9.90 Å². The Kier molecular flexibility index (Phi) is 3.00. The van der Waals surface area contributed by atoms with E-state index in [4.69, 9.17) is 5.11 Å². The number of thioether (sulfide) groups is 1. The van der Waals surface area contributed by atoms with E-state index in [-0.39, 0.29) is 0 Å². The number of hydrogen-bond donors (Lipinski definition) is 2. The third-order valence-electron chi connectivity index (χ3n) is 2.83. The summed E-state index contributed by atoms with van der Waals surface area (Å²) in [4.78, 5) is 19.2. The van der Waals surface area contributed by atoms with E-state index < -0.39 is 11.5 Å². The Labute approximate surface area is 97.7 Å². The van der Waals surface area contributed by atoms with E-state index in [0.29, 0.717) is 18.7 Å². The van der Waals surface area contributed by atoms with Gasteiger partial charge in [0.15, 0.2) is 0 Å². The fraction of sp³-hybridized carbons (Fsp3) is 0.500. The molecular formula is C10H13N3O2S. The smallest absolute Gasteiger partial charge is 0.329 e. The van der Waals surface area contributed by atoms with E-state index >= 15 is 0 Å². The van der Waals surface area contributed by atoms with Crippen LogP contribution in [0.4, 0.5) is 5.82 Å². The third kappa shape index (κ3) is 1.97. The average Bonchev–Trinajstić information content (AvgIpc) is 2.23. The topological polar surface area (TPSA) is 75.1 Å². The van der Waals surface area contributed by atoms with Crippen LogP contribution < -0.4 is 5.32 Å². The van der Waals surface area contributed by atoms with E-state index in [1.165, 1.54) is 18.1 Å². The Morgan fingerprint density at radius 3 is 2.81 bits per heavy atom. The highest BCUT2D eigenvalue weighted by Crippen LogP contribution is 2.35. The molecule has 1 fully saturated rings. The van der Waals surface area contributed by atoms with E-state index in [9.17, 15) is 4.79 Å². The van der Waals surface area contributed by atoms with Crippen molar-refractivity contribution in [2.24, 2.45) is 0 Å². The zero-order chi connectivity index (χ0) is 11.6. The number of rotatable bonds is 4. The van der Waals surface area contributed by atoms with Crippen LogP contribution in [0.15, 0.2) is 17.4 Å². The molecule has 0 aliphatic heterocycles. The lowest BCUT2D eigenvalue weighted by Crippen LogP contribution is -2.52. The molecule has 16 heavy (non-hydrogen) atoms. The Hall–Kier alpha value is -1.30. The molecule has 0 unspecified atom stereocenters. The molecule has 0 bridgehead atoms. The van der Waals surface area contributed by atoms with Gasteiger partial charge >= 0.3 is 5.97 Å². The molecule has 2 rings (SSSR count). The minimum atomic E-state index is -0.815. The Bertz CT molecular complexity index is 407. The van der Waals surface area contributed by atoms with Crippen LogP contribution >= 0.6 is 11.8 Å². The highest BCUT2D eigenvalue weighted by Gasteiger charge is 2.44. The van der Waals surface area contributed by atoms with Crippen molar-refractivity contribution in [1.29, 1.82) is 0 Å². The number of nitrogens with one attached hydrogen (secondary N) is 1. The van der Waals surface area contributed by atoms with E-state index in [0.717, 1.165) is 11.4 Å². The Morgan fingerprint density at radius 2 is 2.31 bits per heavy atom. The second-order valence-corrected chi connectivity index (χ2v) is 4.64. The zero-order valence-electron chi connectivity index (χ0n) is 8.93. The van der Waals surface area contributed by atoms with Gasteiger partial charge in [-0.2, -0.15) is 0 Å². The predicted octanol–water partition coefficient (Wildman–Crippen LogP) is 1.62. The van der Waals surface area contributed by atoms with E-state index in [1.54, 1.807) is 6.07 Å². The minimum absolute atomic E-state index is 0.585. The molecule has 1 aromatic rings. The molecule has 2 N–H and O–H groups in total. The largest absolute Gasteiger partial charge is 0.480 e. The van der Waals surface area contributed by atoms with Gasteiger partial charge in [0.05, 0.1) is 0 Å². The van der Waals surface area contributed by atoms with E-state index in [1.807, 2.05) is 6.26 Å². The maximum atomic E-state index is 11.2. The van der Waals surface area contributed by atoms with Crippen LogP contribution in [0.2, 0.25) is 0 Å². The van der Waals surface area contributed by atoms with Crippen LogP contribution in [0.25, 0.3) is 0 Å². The molecule has 0 amide bonds. The number of aromatic nitrogens is 2. The van der Waals surface area contributed by atoms with Crippen molar-refractivity contribution in [3.8, 4) is 0 Å². The average molecular weight is 239 g/mol. The summed E-state index contributed by atoms with van der Waals surface area (Å²) in [7, 11) is 0. The number of nitrogens with zero attached hydrogens (tertiary/aromatic N) is 2. The van der Waals surface area contributed by atoms with Gasteiger partial charge in [0.1, 0.15) is 22.7 Å². The third-order valence-corrected chi connectivity index (χ3v) is 3.48. The monoisotopic (exact) mass is 239 g/mol. The highest BCUT2D eigenvalue weighted by molar-refractivity contribution is 7.98. The van der Waals surface area contributed by atoms with Crippen molar-refractivity contribution >= 4 is 23.5 Å². The summed E-state index contributed by atoms with van der Waals surface area (Å²) >= 11 is 1.50. The number of carboxylic acids is 1. The molecule has 0 saturated heterocycles. The van der Waals surface area contributed by atoms with Gasteiger partial charge < -0.3 is 10.4 Å². The minimum Gasteiger partial charge on any atom is -0.480 e. The molecule has 6 heteroatoms. The van der Waals surface area contributed by atoms with Crippen molar-refractivity contribution in [2.75, 3.05) is 11.6 Å². The second-order valence-electron chi connectivity index (χ2n) is 3.81. The molecular weight excluding hydrogens is 226 g/mol. The molecule has 0 atom stereocenters. The van der Waals surface area contributed by atoms with Gasteiger partial charge in [0.2, 0.25) is 0 Å². The molecule has 1 aliphatic rings. The Balaban J connectivity index is 2.16. The van der Waals surface area contributed by atoms with Crippen LogP contribution in [-0.2, 0) is 4.79 Å². The molecule has 0 aromatic carbocycles. The van der Waals surface area contributed by atoms with Crippen molar-refractivity contribution in [3.63, 3.8) is 0 Å². The summed E-state index contributed by atoms with van der Waals surface area (Å²) in [6.07, 6.45) is 5.62. The van der Waals surface area contributed by atoms with Gasteiger partial charge in [-0.15, -0.1) is 11.8 Å². The number of aliphatic carboxylic acids is 1. The van der Waals surface area contributed by atoms with Gasteiger partial charge in [-0.05, 0) is 25.5 Å². The summed E-state index contributed by atoms with van der Waals surface area (Å²) in [6.45, 7) is 0. The summed E-state index contributed by atoms with van der Waals surface area (Å²) < 4.78 is 0. The predicted molar refractivity (Wildman–Crippen MR) is 61.7 cm³/mol. The fourth-order valence-electron chi connectivity index (χ4n) is 1.69. The molecule has 5 nitrogen and oxygen atoms in total. The summed E-state index contributed by atoms with van der Waals surface area (Å²) in [5.41, 5.74) is -0.815. The maximum Gasteiger partial charge on any atom is 0.329 e. The first-order valence-corrected chi connectivity index (χ1v) is 6.26. The number of anilines is 1. The van der Waals surface area contributed by atoms with Gasteiger partial charge in [-0.1, -0.05) is 0 Å². The molecule has 1 saturated carbocycles. The molecule has 1 heterocycles. The molecule has 0 radical (unpaired) electrons. The second kappa shape index (κ2) is 4.29. The van der Waals surface area contributed by atoms with Gasteiger partial charge in [-0.3, -0.25) is 0 Å². The molecule has 1 aliphatic carbocycles. The molecule has 0 spiro atoms. The first kappa shape index (κ1) is 11.2. The summed E-state index contributed by atoms with van der Waals surface area (Å²) in [6, 6.07) is 1.77. The quantitative estimate of drug-likeness (QED) is 0.614. The van der Waals surface area contributed by atoms with E-state index in [2.05, 4.69) is 15.3 Å². The van der Waals surface area contributed by atoms with Crippen LogP contribution in [0.3, 0.4) is 0 Å². The lowest BCUT2D eigenvalue weighted by Gasteiger charge is -2.38. The van der Waals surface area contributed by atoms with Crippen molar-refractivity contribution in [2.45, 2.75) is 29.8 Å². The zero-order valence-corrected chi connectivity index (χ0v) is 9.75. The summed E-state index contributed by atoms with van der Waals surface area (Å²) in [5, 5.41) is 13.0. The fourth-order valence-corrected chi connectivity index (χ4v) is 2.07. The van der Waals surface area contributed by atoms with Gasteiger partial charge in [0, 0.05) is 6.07 Å². The number of carbonyl (C=O) groups is 1. The number of hydrogen-bond acceptors (Lipinski definition) is 5. The van der Waals surface area contributed by atoms with Crippen LogP contribution in [0.5, 0.6) is 0 Å². The Morgan fingerprint density at radius 1 is 1.56 bits per heavy atom. The van der Waals surface area contributed by atoms with Gasteiger partial charge in [-0.25, -0.2) is 14.8 Å². The van der Waals surface area contributed by atoms with Crippen molar-refractivity contribution in [3.05, 3.63) is 12.4 Å². The maximum absolute atomic E-state index is 11.2. The molecule has 86 valence electrons. The highest BCUT2D eigenvalue weighted by atomic mass is 32.2. The SMILES string of the molecule is CSc1cc(NC2(C(=O)O)CCC2)ncn1.